The van der Waals surface area contributed by atoms with Crippen LogP contribution in [0.4, 0.5) is 0 Å². The maximum atomic E-state index is 10.4. The summed E-state index contributed by atoms with van der Waals surface area (Å²) in [6.07, 6.45) is 0.688. The number of thiocarbonyl (C=S) groups is 1. The van der Waals surface area contributed by atoms with Crippen LogP contribution in [0.15, 0.2) is 24.3 Å². The molecule has 0 aliphatic heterocycles. The highest BCUT2D eigenvalue weighted by Crippen LogP contribution is 2.14. The van der Waals surface area contributed by atoms with E-state index in [0.29, 0.717) is 17.6 Å². The lowest BCUT2D eigenvalue weighted by molar-refractivity contribution is 0.112. The van der Waals surface area contributed by atoms with Crippen molar-refractivity contribution >= 4 is 23.7 Å². The number of hydrogen-bond acceptors (Lipinski definition) is 3. The minimum absolute atomic E-state index is 0.0932. The Morgan fingerprint density at radius 3 is 2.75 bits per heavy atom. The van der Waals surface area contributed by atoms with Gasteiger partial charge in [0.15, 0.2) is 6.29 Å². The first-order valence-electron chi connectivity index (χ1n) is 3.25. The van der Waals surface area contributed by atoms with Crippen LogP contribution in [-0.4, -0.2) is 11.5 Å². The normalized spacial score (nSPS) is 9.00. The highest BCUT2D eigenvalue weighted by atomic mass is 32.1. The number of benzene rings is 1. The van der Waals surface area contributed by atoms with E-state index in [1.54, 1.807) is 24.3 Å². The van der Waals surface area contributed by atoms with Gasteiger partial charge in [-0.2, -0.15) is 0 Å². The van der Waals surface area contributed by atoms with Crippen LogP contribution in [0.3, 0.4) is 0 Å². The van der Waals surface area contributed by atoms with E-state index in [0.717, 1.165) is 0 Å². The molecule has 3 nitrogen and oxygen atoms in total. The number of nitrogens with two attached hydrogens (primary N) is 1. The molecule has 0 aliphatic carbocycles. The fraction of sp³-hybridized carbons (Fsp3) is 0. The number of hydrogen-bond donors (Lipinski definition) is 1. The number of aldehydes is 1. The minimum atomic E-state index is -0.0932. The average molecular weight is 181 g/mol. The summed E-state index contributed by atoms with van der Waals surface area (Å²) < 4.78 is 4.91. The highest BCUT2D eigenvalue weighted by Gasteiger charge is 2.01. The average Bonchev–Trinajstić information content (AvgIpc) is 2.04. The first-order chi connectivity index (χ1) is 5.74. The second kappa shape index (κ2) is 3.82. The molecule has 4 heteroatoms. The van der Waals surface area contributed by atoms with E-state index in [2.05, 4.69) is 12.2 Å². The van der Waals surface area contributed by atoms with Gasteiger partial charge in [-0.25, -0.2) is 0 Å². The van der Waals surface area contributed by atoms with Crippen LogP contribution in [0.1, 0.15) is 10.4 Å². The Bertz CT molecular complexity index is 312. The molecule has 1 rings (SSSR count). The quantitative estimate of drug-likeness (QED) is 0.548. The topological polar surface area (TPSA) is 52.3 Å². The van der Waals surface area contributed by atoms with Gasteiger partial charge in [-0.15, -0.1) is 0 Å². The van der Waals surface area contributed by atoms with Gasteiger partial charge in [-0.05, 0) is 24.4 Å². The number of para-hydroxylation sites is 1. The summed E-state index contributed by atoms with van der Waals surface area (Å²) >= 11 is 4.52. The Balaban J connectivity index is 2.96. The summed E-state index contributed by atoms with van der Waals surface area (Å²) in [7, 11) is 0. The fourth-order valence-corrected chi connectivity index (χ4v) is 0.869. The first-order valence-corrected chi connectivity index (χ1v) is 3.66. The van der Waals surface area contributed by atoms with Gasteiger partial charge in [0, 0.05) is 0 Å². The molecule has 0 atom stereocenters. The van der Waals surface area contributed by atoms with Crippen LogP contribution >= 0.6 is 12.2 Å². The lowest BCUT2D eigenvalue weighted by atomic mass is 10.2. The summed E-state index contributed by atoms with van der Waals surface area (Å²) in [5.41, 5.74) is 5.58. The van der Waals surface area contributed by atoms with Crippen LogP contribution in [0, 0.1) is 0 Å². The van der Waals surface area contributed by atoms with Crippen molar-refractivity contribution in [2.24, 2.45) is 5.73 Å². The Labute approximate surface area is 75.1 Å². The van der Waals surface area contributed by atoms with E-state index >= 15 is 0 Å². The molecule has 0 aromatic heterocycles. The van der Waals surface area contributed by atoms with Gasteiger partial charge in [-0.3, -0.25) is 4.79 Å². The zero-order valence-electron chi connectivity index (χ0n) is 6.19. The lowest BCUT2D eigenvalue weighted by Crippen LogP contribution is -2.16. The Morgan fingerprint density at radius 1 is 1.50 bits per heavy atom. The molecule has 0 bridgehead atoms. The van der Waals surface area contributed by atoms with E-state index in [-0.39, 0.29) is 5.17 Å². The number of ether oxygens (including phenoxy) is 1. The minimum Gasteiger partial charge on any atom is -0.431 e. The molecule has 2 N–H and O–H groups in total. The van der Waals surface area contributed by atoms with Crippen LogP contribution < -0.4 is 10.5 Å². The predicted molar refractivity (Wildman–Crippen MR) is 49.2 cm³/mol. The molecule has 62 valence electrons. The van der Waals surface area contributed by atoms with Gasteiger partial charge in [0.2, 0.25) is 0 Å². The molecular formula is C8H7NO2S. The molecule has 0 heterocycles. The molecule has 0 fully saturated rings. The second-order valence-corrected chi connectivity index (χ2v) is 2.48. The van der Waals surface area contributed by atoms with E-state index in [4.69, 9.17) is 10.5 Å². The fourth-order valence-electron chi connectivity index (χ4n) is 0.779. The molecular weight excluding hydrogens is 174 g/mol. The van der Waals surface area contributed by atoms with Gasteiger partial charge in [-0.1, -0.05) is 12.1 Å². The van der Waals surface area contributed by atoms with Crippen molar-refractivity contribution in [3.63, 3.8) is 0 Å². The number of rotatable bonds is 2. The Morgan fingerprint density at radius 2 is 2.17 bits per heavy atom. The maximum absolute atomic E-state index is 10.4. The van der Waals surface area contributed by atoms with Gasteiger partial charge in [0.25, 0.3) is 5.17 Å². The number of carbonyl (C=O) groups excluding carboxylic acids is 1. The Kier molecular flexibility index (Phi) is 2.76. The van der Waals surface area contributed by atoms with Crippen molar-refractivity contribution in [1.82, 2.24) is 0 Å². The largest absolute Gasteiger partial charge is 0.431 e. The molecule has 0 aliphatic rings. The van der Waals surface area contributed by atoms with Crippen molar-refractivity contribution in [3.8, 4) is 5.75 Å². The van der Waals surface area contributed by atoms with Crippen molar-refractivity contribution in [2.45, 2.75) is 0 Å². The van der Waals surface area contributed by atoms with E-state index in [1.807, 2.05) is 0 Å². The maximum Gasteiger partial charge on any atom is 0.259 e. The summed E-state index contributed by atoms with van der Waals surface area (Å²) in [4.78, 5) is 10.4. The van der Waals surface area contributed by atoms with Gasteiger partial charge in [0.1, 0.15) is 5.75 Å². The highest BCUT2D eigenvalue weighted by molar-refractivity contribution is 7.80. The standard InChI is InChI=1S/C8H7NO2S/c9-8(12)11-7-4-2-1-3-6(7)5-10/h1-5H,(H2,9,12). The SMILES string of the molecule is NC(=S)Oc1ccccc1C=O. The summed E-state index contributed by atoms with van der Waals surface area (Å²) in [5, 5.41) is -0.0932. The number of carbonyl (C=O) groups is 1. The first kappa shape index (κ1) is 8.67. The molecule has 0 radical (unpaired) electrons. The monoisotopic (exact) mass is 181 g/mol. The Hall–Kier alpha value is -1.42. The van der Waals surface area contributed by atoms with Gasteiger partial charge >= 0.3 is 0 Å². The molecule has 1 aromatic rings. The van der Waals surface area contributed by atoms with Crippen molar-refractivity contribution < 1.29 is 9.53 Å². The molecule has 1 aromatic carbocycles. The molecule has 12 heavy (non-hydrogen) atoms. The summed E-state index contributed by atoms with van der Waals surface area (Å²) in [6.45, 7) is 0. The third-order valence-corrected chi connectivity index (χ3v) is 1.34. The van der Waals surface area contributed by atoms with E-state index in [9.17, 15) is 4.79 Å². The van der Waals surface area contributed by atoms with E-state index < -0.39 is 0 Å². The van der Waals surface area contributed by atoms with Gasteiger partial charge < -0.3 is 10.5 Å². The zero-order valence-corrected chi connectivity index (χ0v) is 7.01. The molecule has 0 saturated carbocycles. The second-order valence-electron chi connectivity index (χ2n) is 2.08. The van der Waals surface area contributed by atoms with Gasteiger partial charge in [0.05, 0.1) is 5.56 Å². The molecule has 0 amide bonds. The molecule has 0 unspecified atom stereocenters. The smallest absolute Gasteiger partial charge is 0.259 e. The zero-order chi connectivity index (χ0) is 8.97. The van der Waals surface area contributed by atoms with Crippen molar-refractivity contribution in [1.29, 1.82) is 0 Å². The van der Waals surface area contributed by atoms with Crippen LogP contribution in [0.5, 0.6) is 5.75 Å². The van der Waals surface area contributed by atoms with Crippen molar-refractivity contribution in [3.05, 3.63) is 29.8 Å². The van der Waals surface area contributed by atoms with Crippen LogP contribution in [0.25, 0.3) is 0 Å². The molecule has 0 saturated heterocycles. The third kappa shape index (κ3) is 2.03. The molecule has 0 spiro atoms. The third-order valence-electron chi connectivity index (χ3n) is 1.26. The lowest BCUT2D eigenvalue weighted by Gasteiger charge is -2.03. The summed E-state index contributed by atoms with van der Waals surface area (Å²) in [5.74, 6) is 0.389. The predicted octanol–water partition coefficient (Wildman–Crippen LogP) is 1.12. The summed E-state index contributed by atoms with van der Waals surface area (Å²) in [6, 6.07) is 6.72. The van der Waals surface area contributed by atoms with Crippen molar-refractivity contribution in [2.75, 3.05) is 0 Å². The van der Waals surface area contributed by atoms with E-state index in [1.165, 1.54) is 0 Å². The van der Waals surface area contributed by atoms with Crippen LogP contribution in [-0.2, 0) is 0 Å². The van der Waals surface area contributed by atoms with Crippen LogP contribution in [0.2, 0.25) is 0 Å².